The summed E-state index contributed by atoms with van der Waals surface area (Å²) in [5.74, 6) is -1.22. The van der Waals surface area contributed by atoms with Gasteiger partial charge in [-0.25, -0.2) is 4.39 Å². The number of pyridine rings is 2. The molecule has 1 amide bonds. The van der Waals surface area contributed by atoms with Gasteiger partial charge in [-0.05, 0) is 47.1 Å². The van der Waals surface area contributed by atoms with Crippen molar-refractivity contribution in [3.8, 4) is 5.75 Å². The summed E-state index contributed by atoms with van der Waals surface area (Å²) < 4.78 is 14.9. The fourth-order valence-electron chi connectivity index (χ4n) is 4.20. The summed E-state index contributed by atoms with van der Waals surface area (Å²) in [6.45, 7) is 4.55. The monoisotopic (exact) mass is 409 g/mol. The van der Waals surface area contributed by atoms with Gasteiger partial charge in [0.15, 0.2) is 5.75 Å². The summed E-state index contributed by atoms with van der Waals surface area (Å²) in [5.41, 5.74) is 2.62. The van der Waals surface area contributed by atoms with Gasteiger partial charge >= 0.3 is 0 Å². The van der Waals surface area contributed by atoms with Crippen molar-refractivity contribution < 1.29 is 14.3 Å². The van der Waals surface area contributed by atoms with Gasteiger partial charge < -0.3 is 14.6 Å². The van der Waals surface area contributed by atoms with Crippen molar-refractivity contribution >= 4 is 16.9 Å². The number of aromatic nitrogens is 2. The number of benzene rings is 1. The average molecular weight is 409 g/mol. The summed E-state index contributed by atoms with van der Waals surface area (Å²) in [6, 6.07) is 6.29. The molecule has 1 aromatic carbocycles. The SMILES string of the molecule is CN(C)C(=O)c1c(O)c2ncc(Cc3ccc(F)cc3)c3c2n(c1=O)CC(C)(C)C3. The molecule has 0 saturated carbocycles. The van der Waals surface area contributed by atoms with Crippen LogP contribution in [0.4, 0.5) is 4.39 Å². The molecule has 1 aliphatic heterocycles. The van der Waals surface area contributed by atoms with Crippen LogP contribution in [0.3, 0.4) is 0 Å². The van der Waals surface area contributed by atoms with Gasteiger partial charge in [0.2, 0.25) is 0 Å². The number of carbonyl (C=O) groups excluding carboxylic acids is 1. The van der Waals surface area contributed by atoms with Crippen LogP contribution >= 0.6 is 0 Å². The third-order valence-corrected chi connectivity index (χ3v) is 5.61. The number of halogens is 1. The number of carbonyl (C=O) groups is 1. The molecule has 0 spiro atoms. The van der Waals surface area contributed by atoms with Crippen LogP contribution in [0.5, 0.6) is 5.75 Å². The Morgan fingerprint density at radius 2 is 1.93 bits per heavy atom. The van der Waals surface area contributed by atoms with Gasteiger partial charge in [0.25, 0.3) is 11.5 Å². The molecule has 0 radical (unpaired) electrons. The highest BCUT2D eigenvalue weighted by molar-refractivity contribution is 6.01. The Hall–Kier alpha value is -3.22. The Morgan fingerprint density at radius 1 is 1.27 bits per heavy atom. The van der Waals surface area contributed by atoms with Crippen LogP contribution in [0.1, 0.15) is 40.9 Å². The summed E-state index contributed by atoms with van der Waals surface area (Å²) in [5, 5.41) is 10.8. The van der Waals surface area contributed by atoms with Gasteiger partial charge in [-0.2, -0.15) is 0 Å². The van der Waals surface area contributed by atoms with E-state index < -0.39 is 11.5 Å². The van der Waals surface area contributed by atoms with Gasteiger partial charge in [-0.1, -0.05) is 26.0 Å². The van der Waals surface area contributed by atoms with Crippen LogP contribution in [0.2, 0.25) is 0 Å². The molecule has 30 heavy (non-hydrogen) atoms. The van der Waals surface area contributed by atoms with Crippen LogP contribution in [0, 0.1) is 11.2 Å². The molecule has 3 heterocycles. The van der Waals surface area contributed by atoms with Crippen LogP contribution < -0.4 is 5.56 Å². The number of rotatable bonds is 3. The maximum absolute atomic E-state index is 13.3. The van der Waals surface area contributed by atoms with Crippen molar-refractivity contribution in [2.45, 2.75) is 33.2 Å². The minimum atomic E-state index is -0.551. The lowest BCUT2D eigenvalue weighted by atomic mass is 9.80. The molecule has 4 rings (SSSR count). The summed E-state index contributed by atoms with van der Waals surface area (Å²) >= 11 is 0. The van der Waals surface area contributed by atoms with Crippen LogP contribution in [-0.2, 0) is 19.4 Å². The van der Waals surface area contributed by atoms with Gasteiger partial charge in [0, 0.05) is 26.8 Å². The molecule has 0 unspecified atom stereocenters. The van der Waals surface area contributed by atoms with E-state index in [0.717, 1.165) is 16.7 Å². The third kappa shape index (κ3) is 3.24. The van der Waals surface area contributed by atoms with E-state index >= 15 is 0 Å². The molecule has 3 aromatic rings. The lowest BCUT2D eigenvalue weighted by Crippen LogP contribution is -2.39. The topological polar surface area (TPSA) is 75.4 Å². The molecule has 1 aliphatic rings. The molecular weight excluding hydrogens is 385 g/mol. The van der Waals surface area contributed by atoms with Gasteiger partial charge in [-0.3, -0.25) is 14.6 Å². The first-order valence-corrected chi connectivity index (χ1v) is 9.81. The normalized spacial score (nSPS) is 14.7. The molecule has 6 nitrogen and oxygen atoms in total. The Labute approximate surface area is 173 Å². The molecule has 7 heteroatoms. The van der Waals surface area contributed by atoms with E-state index in [1.807, 2.05) is 0 Å². The predicted molar refractivity (Wildman–Crippen MR) is 112 cm³/mol. The second kappa shape index (κ2) is 6.93. The van der Waals surface area contributed by atoms with E-state index in [-0.39, 0.29) is 28.1 Å². The maximum atomic E-state index is 13.3. The standard InChI is InChI=1S/C23H24FN3O3/c1-23(2)10-16-14(9-13-5-7-15(24)8-6-13)11-25-18-19(16)27(12-23)22(30)17(20(18)28)21(29)26(3)4/h5-8,11,28H,9-10,12H2,1-4H3. The Balaban J connectivity index is 1.99. The number of hydrogen-bond acceptors (Lipinski definition) is 4. The molecular formula is C23H24FN3O3. The molecule has 0 fully saturated rings. The average Bonchev–Trinajstić information content (AvgIpc) is 2.67. The van der Waals surface area contributed by atoms with Crippen LogP contribution in [-0.4, -0.2) is 39.6 Å². The summed E-state index contributed by atoms with van der Waals surface area (Å²) in [4.78, 5) is 31.5. The molecule has 0 saturated heterocycles. The van der Waals surface area contributed by atoms with Gasteiger partial charge in [0.1, 0.15) is 16.9 Å². The quantitative estimate of drug-likeness (QED) is 0.721. The highest BCUT2D eigenvalue weighted by atomic mass is 19.1. The van der Waals surface area contributed by atoms with Crippen molar-refractivity contribution in [2.75, 3.05) is 14.1 Å². The molecule has 0 aliphatic carbocycles. The van der Waals surface area contributed by atoms with Crippen molar-refractivity contribution in [2.24, 2.45) is 5.41 Å². The fraction of sp³-hybridized carbons (Fsp3) is 0.348. The van der Waals surface area contributed by atoms with E-state index in [4.69, 9.17) is 0 Å². The number of hydrogen-bond donors (Lipinski definition) is 1. The van der Waals surface area contributed by atoms with Crippen molar-refractivity contribution in [3.63, 3.8) is 0 Å². The molecule has 0 atom stereocenters. The van der Waals surface area contributed by atoms with E-state index in [0.29, 0.717) is 24.9 Å². The highest BCUT2D eigenvalue weighted by Crippen LogP contribution is 2.38. The lowest BCUT2D eigenvalue weighted by molar-refractivity contribution is 0.0822. The highest BCUT2D eigenvalue weighted by Gasteiger charge is 2.34. The minimum absolute atomic E-state index is 0.224. The second-order valence-electron chi connectivity index (χ2n) is 8.92. The van der Waals surface area contributed by atoms with Crippen LogP contribution in [0.25, 0.3) is 11.0 Å². The molecule has 156 valence electrons. The zero-order valence-electron chi connectivity index (χ0n) is 17.5. The second-order valence-corrected chi connectivity index (χ2v) is 8.92. The number of aromatic hydroxyl groups is 1. The first-order valence-electron chi connectivity index (χ1n) is 9.81. The van der Waals surface area contributed by atoms with Gasteiger partial charge in [0.05, 0.1) is 5.52 Å². The Kier molecular flexibility index (Phi) is 4.64. The molecule has 2 aromatic heterocycles. The molecule has 1 N–H and O–H groups in total. The van der Waals surface area contributed by atoms with Crippen molar-refractivity contribution in [1.29, 1.82) is 0 Å². The Bertz CT molecular complexity index is 1230. The minimum Gasteiger partial charge on any atom is -0.505 e. The zero-order chi connectivity index (χ0) is 21.8. The first kappa shape index (κ1) is 20.1. The lowest BCUT2D eigenvalue weighted by Gasteiger charge is -2.34. The fourth-order valence-corrected chi connectivity index (χ4v) is 4.20. The summed E-state index contributed by atoms with van der Waals surface area (Å²) in [7, 11) is 3.08. The van der Waals surface area contributed by atoms with Gasteiger partial charge in [-0.15, -0.1) is 0 Å². The number of amides is 1. The smallest absolute Gasteiger partial charge is 0.267 e. The Morgan fingerprint density at radius 3 is 2.57 bits per heavy atom. The summed E-state index contributed by atoms with van der Waals surface area (Å²) in [6.07, 6.45) is 2.91. The van der Waals surface area contributed by atoms with E-state index in [2.05, 4.69) is 18.8 Å². The third-order valence-electron chi connectivity index (χ3n) is 5.61. The number of nitrogens with zero attached hydrogens (tertiary/aromatic N) is 3. The first-order chi connectivity index (χ1) is 14.1. The largest absolute Gasteiger partial charge is 0.505 e. The van der Waals surface area contributed by atoms with Crippen LogP contribution in [0.15, 0.2) is 35.3 Å². The predicted octanol–water partition coefficient (Wildman–Crippen LogP) is 3.12. The molecule has 0 bridgehead atoms. The maximum Gasteiger partial charge on any atom is 0.267 e. The van der Waals surface area contributed by atoms with Crippen molar-refractivity contribution in [1.82, 2.24) is 14.5 Å². The van der Waals surface area contributed by atoms with E-state index in [1.165, 1.54) is 31.1 Å². The van der Waals surface area contributed by atoms with E-state index in [9.17, 15) is 19.1 Å². The van der Waals surface area contributed by atoms with E-state index in [1.54, 1.807) is 22.9 Å². The zero-order valence-corrected chi connectivity index (χ0v) is 17.5. The van der Waals surface area contributed by atoms with Crippen molar-refractivity contribution in [3.05, 3.63) is 68.9 Å².